The van der Waals surface area contributed by atoms with Crippen molar-refractivity contribution in [1.29, 1.82) is 0 Å². The predicted molar refractivity (Wildman–Crippen MR) is 22.7 cm³/mol. The molecule has 0 aromatic rings. The number of hydrogen-bond acceptors (Lipinski definition) is 2. The van der Waals surface area contributed by atoms with Crippen molar-refractivity contribution in [3.63, 3.8) is 0 Å². The fraction of sp³-hybridized carbons (Fsp3) is 0.750. The second-order valence-electron chi connectivity index (χ2n) is 1.22. The molecule has 10 heavy (non-hydrogen) atoms. The van der Waals surface area contributed by atoms with E-state index in [4.69, 9.17) is 0 Å². The number of rotatable bonds is 1. The van der Waals surface area contributed by atoms with Crippen LogP contribution in [0.25, 0.3) is 0 Å². The summed E-state index contributed by atoms with van der Waals surface area (Å²) in [6, 6.07) is 0. The summed E-state index contributed by atoms with van der Waals surface area (Å²) in [6.07, 6.45) is -4.85. The number of halogens is 3. The zero-order valence-electron chi connectivity index (χ0n) is 5.36. The average Bonchev–Trinajstić information content (AvgIpc) is 1.64. The van der Waals surface area contributed by atoms with Gasteiger partial charge < -0.3 is 4.74 Å². The van der Waals surface area contributed by atoms with E-state index in [0.717, 1.165) is 0 Å². The maximum Gasteiger partial charge on any atom is 0.490 e. The van der Waals surface area contributed by atoms with E-state index in [2.05, 4.69) is 4.74 Å². The molecule has 56 valence electrons. The van der Waals surface area contributed by atoms with Crippen molar-refractivity contribution in [3.05, 3.63) is 0 Å². The van der Waals surface area contributed by atoms with Gasteiger partial charge in [-0.2, -0.15) is 13.2 Å². The molecule has 0 unspecified atom stereocenters. The SMILES string of the molecule is CCOC(=O)C(F)(F)F.[Zn]. The van der Waals surface area contributed by atoms with Crippen molar-refractivity contribution in [2.24, 2.45) is 0 Å². The Morgan fingerprint density at radius 2 is 1.90 bits per heavy atom. The summed E-state index contributed by atoms with van der Waals surface area (Å²) < 4.78 is 37.1. The molecule has 0 heterocycles. The van der Waals surface area contributed by atoms with Crippen molar-refractivity contribution in [2.75, 3.05) is 6.61 Å². The van der Waals surface area contributed by atoms with E-state index < -0.39 is 12.1 Å². The van der Waals surface area contributed by atoms with Crippen molar-refractivity contribution in [3.8, 4) is 0 Å². The largest absolute Gasteiger partial charge is 0.490 e. The van der Waals surface area contributed by atoms with Crippen LogP contribution in [0, 0.1) is 0 Å². The summed E-state index contributed by atoms with van der Waals surface area (Å²) >= 11 is 0. The van der Waals surface area contributed by atoms with Crippen LogP contribution >= 0.6 is 0 Å². The van der Waals surface area contributed by atoms with Crippen LogP contribution in [-0.4, -0.2) is 18.8 Å². The standard InChI is InChI=1S/C4H5F3O2.Zn/c1-2-9-3(8)4(5,6)7;/h2H2,1H3;. The van der Waals surface area contributed by atoms with Crippen molar-refractivity contribution in [1.82, 2.24) is 0 Å². The third kappa shape index (κ3) is 4.73. The topological polar surface area (TPSA) is 26.3 Å². The van der Waals surface area contributed by atoms with Crippen LogP contribution in [0.1, 0.15) is 6.92 Å². The first-order valence-electron chi connectivity index (χ1n) is 2.22. The van der Waals surface area contributed by atoms with Gasteiger partial charge in [0.15, 0.2) is 0 Å². The number of hydrogen-bond donors (Lipinski definition) is 0. The molecule has 0 aromatic carbocycles. The van der Waals surface area contributed by atoms with E-state index in [-0.39, 0.29) is 26.1 Å². The zero-order chi connectivity index (χ0) is 7.49. The van der Waals surface area contributed by atoms with E-state index in [9.17, 15) is 18.0 Å². The Morgan fingerprint density at radius 1 is 1.50 bits per heavy atom. The fourth-order valence-electron chi connectivity index (χ4n) is 0.213. The molecule has 0 fully saturated rings. The summed E-state index contributed by atoms with van der Waals surface area (Å²) in [5.41, 5.74) is 0. The summed E-state index contributed by atoms with van der Waals surface area (Å²) in [4.78, 5) is 9.72. The first-order valence-corrected chi connectivity index (χ1v) is 2.22. The van der Waals surface area contributed by atoms with Crippen LogP contribution in [-0.2, 0) is 29.0 Å². The van der Waals surface area contributed by atoms with E-state index in [1.165, 1.54) is 6.92 Å². The second-order valence-corrected chi connectivity index (χ2v) is 1.22. The van der Waals surface area contributed by atoms with Crippen LogP contribution in [0.4, 0.5) is 13.2 Å². The molecule has 0 atom stereocenters. The Bertz CT molecular complexity index is 112. The monoisotopic (exact) mass is 206 g/mol. The normalized spacial score (nSPS) is 10.0. The minimum atomic E-state index is -4.85. The molecule has 0 aliphatic heterocycles. The molecule has 0 aromatic heterocycles. The van der Waals surface area contributed by atoms with Gasteiger partial charge in [0, 0.05) is 19.5 Å². The van der Waals surface area contributed by atoms with E-state index in [0.29, 0.717) is 0 Å². The minimum absolute atomic E-state index is 0. The van der Waals surface area contributed by atoms with Crippen molar-refractivity contribution < 1.29 is 42.2 Å². The van der Waals surface area contributed by atoms with Crippen molar-refractivity contribution >= 4 is 5.97 Å². The average molecular weight is 207 g/mol. The zero-order valence-corrected chi connectivity index (χ0v) is 8.33. The molecule has 0 aliphatic rings. The molecule has 6 heteroatoms. The van der Waals surface area contributed by atoms with E-state index in [1.807, 2.05) is 0 Å². The smallest absolute Gasteiger partial charge is 0.459 e. The van der Waals surface area contributed by atoms with Gasteiger partial charge in [-0.05, 0) is 6.92 Å². The third-order valence-corrected chi connectivity index (χ3v) is 0.507. The van der Waals surface area contributed by atoms with Crippen LogP contribution in [0.5, 0.6) is 0 Å². The summed E-state index contributed by atoms with van der Waals surface area (Å²) in [7, 11) is 0. The molecule has 0 saturated carbocycles. The molecule has 0 radical (unpaired) electrons. The van der Waals surface area contributed by atoms with Gasteiger partial charge in [-0.1, -0.05) is 0 Å². The van der Waals surface area contributed by atoms with E-state index in [1.54, 1.807) is 0 Å². The van der Waals surface area contributed by atoms with Gasteiger partial charge in [0.25, 0.3) is 0 Å². The number of alkyl halides is 3. The Labute approximate surface area is 68.5 Å². The van der Waals surface area contributed by atoms with Crippen LogP contribution < -0.4 is 0 Å². The van der Waals surface area contributed by atoms with Gasteiger partial charge in [0.2, 0.25) is 0 Å². The van der Waals surface area contributed by atoms with E-state index >= 15 is 0 Å². The molecule has 2 nitrogen and oxygen atoms in total. The molecule has 0 spiro atoms. The van der Waals surface area contributed by atoms with Crippen LogP contribution in [0.15, 0.2) is 0 Å². The number of ether oxygens (including phenoxy) is 1. The Balaban J connectivity index is 0. The molecular weight excluding hydrogens is 202 g/mol. The Hall–Kier alpha value is -0.117. The molecule has 0 bridgehead atoms. The summed E-state index contributed by atoms with van der Waals surface area (Å²) in [6.45, 7) is 1.06. The van der Waals surface area contributed by atoms with Gasteiger partial charge in [0.1, 0.15) is 0 Å². The van der Waals surface area contributed by atoms with Gasteiger partial charge in [-0.25, -0.2) is 4.79 Å². The first-order chi connectivity index (χ1) is 3.98. The van der Waals surface area contributed by atoms with Gasteiger partial charge in [-0.3, -0.25) is 0 Å². The first kappa shape index (κ1) is 12.5. The van der Waals surface area contributed by atoms with Gasteiger partial charge in [-0.15, -0.1) is 0 Å². The van der Waals surface area contributed by atoms with Gasteiger partial charge in [0.05, 0.1) is 6.61 Å². The molecule has 0 rings (SSSR count). The Kier molecular flexibility index (Phi) is 5.85. The molecule has 0 aliphatic carbocycles. The van der Waals surface area contributed by atoms with Crippen LogP contribution in [0.2, 0.25) is 0 Å². The molecule has 0 N–H and O–H groups in total. The second kappa shape index (κ2) is 4.66. The quantitative estimate of drug-likeness (QED) is 0.476. The molecular formula is C4H5F3O2Zn. The minimum Gasteiger partial charge on any atom is -0.459 e. The molecule has 0 saturated heterocycles. The van der Waals surface area contributed by atoms with Gasteiger partial charge >= 0.3 is 12.1 Å². The maximum absolute atomic E-state index is 11.2. The fourth-order valence-corrected chi connectivity index (χ4v) is 0.213. The van der Waals surface area contributed by atoms with Crippen LogP contribution in [0.3, 0.4) is 0 Å². The van der Waals surface area contributed by atoms with Crippen molar-refractivity contribution in [2.45, 2.75) is 13.1 Å². The summed E-state index contributed by atoms with van der Waals surface area (Å²) in [5.74, 6) is -2.13. The number of carbonyl (C=O) groups is 1. The summed E-state index contributed by atoms with van der Waals surface area (Å²) in [5, 5.41) is 0. The predicted octanol–water partition coefficient (Wildman–Crippen LogP) is 1.11. The number of carbonyl (C=O) groups excluding carboxylic acids is 1. The Morgan fingerprint density at radius 3 is 2.00 bits per heavy atom. The maximum atomic E-state index is 11.2. The third-order valence-electron chi connectivity index (χ3n) is 0.507. The number of esters is 1. The molecule has 0 amide bonds.